The Labute approximate surface area is 165 Å². The molecule has 0 spiro atoms. The molecule has 148 valence electrons. The summed E-state index contributed by atoms with van der Waals surface area (Å²) in [4.78, 5) is 17.2. The minimum Gasteiger partial charge on any atom is -0.377 e. The predicted octanol–water partition coefficient (Wildman–Crippen LogP) is 0.108. The zero-order valence-corrected chi connectivity index (χ0v) is 15.9. The Balaban J connectivity index is 1.53. The average molecular weight is 412 g/mol. The van der Waals surface area contributed by atoms with E-state index in [1.807, 2.05) is 0 Å². The SMILES string of the molecule is O=c1ccc(-n2cccn2)nn1C1COCC1N=C1NS(=O)(=O)c2ccccc21. The molecule has 0 radical (unpaired) electrons. The lowest BCUT2D eigenvalue weighted by atomic mass is 10.1. The minimum atomic E-state index is -3.64. The van der Waals surface area contributed by atoms with Crippen LogP contribution in [-0.4, -0.2) is 53.1 Å². The van der Waals surface area contributed by atoms with Gasteiger partial charge in [-0.25, -0.2) is 17.8 Å². The maximum absolute atomic E-state index is 12.5. The van der Waals surface area contributed by atoms with Crippen LogP contribution in [0.2, 0.25) is 0 Å². The van der Waals surface area contributed by atoms with E-state index in [9.17, 15) is 13.2 Å². The van der Waals surface area contributed by atoms with Crippen molar-refractivity contribution in [3.8, 4) is 5.82 Å². The standard InChI is InChI=1S/C18H16N6O4S/c25-17-7-6-16(23-9-3-8-19-23)21-24(17)14-11-28-10-13(14)20-18-12-4-1-2-5-15(12)29(26,27)22-18/h1-9,13-14H,10-11H2,(H,20,22). The summed E-state index contributed by atoms with van der Waals surface area (Å²) in [5.41, 5.74) is 0.206. The molecule has 0 amide bonds. The molecule has 1 aromatic carbocycles. The van der Waals surface area contributed by atoms with Gasteiger partial charge in [0.2, 0.25) is 0 Å². The lowest BCUT2D eigenvalue weighted by Gasteiger charge is -2.17. The smallest absolute Gasteiger partial charge is 0.267 e. The summed E-state index contributed by atoms with van der Waals surface area (Å²) in [6.45, 7) is 0.490. The fourth-order valence-electron chi connectivity index (χ4n) is 3.46. The van der Waals surface area contributed by atoms with Crippen molar-refractivity contribution in [3.05, 3.63) is 70.8 Å². The molecule has 10 nitrogen and oxygen atoms in total. The molecule has 29 heavy (non-hydrogen) atoms. The van der Waals surface area contributed by atoms with Gasteiger partial charge in [0.1, 0.15) is 17.9 Å². The molecular formula is C18H16N6O4S. The lowest BCUT2D eigenvalue weighted by Crippen LogP contribution is -2.34. The molecule has 2 unspecified atom stereocenters. The van der Waals surface area contributed by atoms with E-state index in [1.165, 1.54) is 16.8 Å². The third-order valence-electron chi connectivity index (χ3n) is 4.84. The van der Waals surface area contributed by atoms with Crippen molar-refractivity contribution in [2.24, 2.45) is 4.99 Å². The van der Waals surface area contributed by atoms with Crippen LogP contribution >= 0.6 is 0 Å². The Morgan fingerprint density at radius 2 is 2.00 bits per heavy atom. The number of nitrogens with zero attached hydrogens (tertiary/aromatic N) is 5. The zero-order valence-electron chi connectivity index (χ0n) is 15.0. The average Bonchev–Trinajstić information content (AvgIpc) is 3.44. The second-order valence-corrected chi connectivity index (χ2v) is 8.33. The van der Waals surface area contributed by atoms with Crippen LogP contribution < -0.4 is 10.3 Å². The van der Waals surface area contributed by atoms with Crippen molar-refractivity contribution in [3.63, 3.8) is 0 Å². The van der Waals surface area contributed by atoms with E-state index in [4.69, 9.17) is 4.74 Å². The van der Waals surface area contributed by atoms with Crippen LogP contribution in [0.25, 0.3) is 5.82 Å². The van der Waals surface area contributed by atoms with E-state index in [-0.39, 0.29) is 29.5 Å². The summed E-state index contributed by atoms with van der Waals surface area (Å²) in [5, 5.41) is 8.54. The largest absolute Gasteiger partial charge is 0.377 e. The maximum Gasteiger partial charge on any atom is 0.267 e. The topological polar surface area (TPSA) is 120 Å². The van der Waals surface area contributed by atoms with Crippen molar-refractivity contribution in [1.29, 1.82) is 0 Å². The maximum atomic E-state index is 12.5. The highest BCUT2D eigenvalue weighted by Gasteiger charge is 2.35. The van der Waals surface area contributed by atoms with Gasteiger partial charge in [-0.2, -0.15) is 5.10 Å². The Kier molecular flexibility index (Phi) is 4.07. The van der Waals surface area contributed by atoms with Gasteiger partial charge < -0.3 is 4.74 Å². The summed E-state index contributed by atoms with van der Waals surface area (Å²) in [6, 6.07) is 10.4. The van der Waals surface area contributed by atoms with E-state index in [0.29, 0.717) is 11.4 Å². The monoisotopic (exact) mass is 412 g/mol. The molecule has 0 bridgehead atoms. The molecule has 1 fully saturated rings. The summed E-state index contributed by atoms with van der Waals surface area (Å²) in [5.74, 6) is 0.734. The van der Waals surface area contributed by atoms with Gasteiger partial charge >= 0.3 is 0 Å². The zero-order chi connectivity index (χ0) is 20.0. The number of rotatable bonds is 3. The molecule has 2 aliphatic rings. The van der Waals surface area contributed by atoms with Crippen molar-refractivity contribution in [2.45, 2.75) is 17.0 Å². The first-order valence-electron chi connectivity index (χ1n) is 8.90. The number of fused-ring (bicyclic) bond motifs is 1. The highest BCUT2D eigenvalue weighted by molar-refractivity contribution is 7.90. The number of sulfonamides is 1. The number of nitrogens with one attached hydrogen (secondary N) is 1. The van der Waals surface area contributed by atoms with Crippen LogP contribution in [-0.2, 0) is 14.8 Å². The minimum absolute atomic E-state index is 0.185. The highest BCUT2D eigenvalue weighted by Crippen LogP contribution is 2.26. The van der Waals surface area contributed by atoms with Crippen LogP contribution in [0.15, 0.2) is 69.5 Å². The van der Waals surface area contributed by atoms with E-state index < -0.39 is 22.1 Å². The molecule has 2 aromatic heterocycles. The molecule has 3 aromatic rings. The quantitative estimate of drug-likeness (QED) is 0.652. The second-order valence-electron chi connectivity index (χ2n) is 6.68. The highest BCUT2D eigenvalue weighted by atomic mass is 32.2. The normalized spacial score (nSPS) is 23.8. The first-order valence-corrected chi connectivity index (χ1v) is 10.4. The first kappa shape index (κ1) is 17.8. The van der Waals surface area contributed by atoms with Crippen molar-refractivity contribution in [2.75, 3.05) is 13.2 Å². The molecule has 4 heterocycles. The van der Waals surface area contributed by atoms with Crippen LogP contribution in [0, 0.1) is 0 Å². The summed E-state index contributed by atoms with van der Waals surface area (Å²) in [6.07, 6.45) is 3.35. The van der Waals surface area contributed by atoms with E-state index >= 15 is 0 Å². The lowest BCUT2D eigenvalue weighted by molar-refractivity contribution is 0.182. The molecule has 0 saturated carbocycles. The van der Waals surface area contributed by atoms with Crippen molar-refractivity contribution in [1.82, 2.24) is 24.3 Å². The van der Waals surface area contributed by atoms with Gasteiger partial charge in [0, 0.05) is 24.0 Å². The van der Waals surface area contributed by atoms with Gasteiger partial charge in [0.25, 0.3) is 15.6 Å². The van der Waals surface area contributed by atoms with Gasteiger partial charge in [-0.15, -0.1) is 5.10 Å². The summed E-state index contributed by atoms with van der Waals surface area (Å²) < 4.78 is 35.6. The third kappa shape index (κ3) is 3.04. The van der Waals surface area contributed by atoms with E-state index in [1.54, 1.807) is 47.4 Å². The number of hydrogen-bond donors (Lipinski definition) is 1. The molecule has 1 saturated heterocycles. The number of ether oxygens (including phenoxy) is 1. The second kappa shape index (κ2) is 6.64. The number of benzene rings is 1. The van der Waals surface area contributed by atoms with Gasteiger partial charge in [-0.3, -0.25) is 14.5 Å². The molecule has 0 aliphatic carbocycles. The summed E-state index contributed by atoms with van der Waals surface area (Å²) >= 11 is 0. The van der Waals surface area contributed by atoms with Crippen molar-refractivity contribution < 1.29 is 13.2 Å². The molecule has 2 aliphatic heterocycles. The fourth-order valence-corrected chi connectivity index (χ4v) is 4.70. The molecule has 1 N–H and O–H groups in total. The predicted molar refractivity (Wildman–Crippen MR) is 103 cm³/mol. The van der Waals surface area contributed by atoms with Crippen LogP contribution in [0.5, 0.6) is 0 Å². The van der Waals surface area contributed by atoms with Gasteiger partial charge in [0.05, 0.1) is 18.1 Å². The van der Waals surface area contributed by atoms with Gasteiger partial charge in [-0.1, -0.05) is 12.1 Å². The first-order chi connectivity index (χ1) is 14.0. The van der Waals surface area contributed by atoms with E-state index in [2.05, 4.69) is 19.9 Å². The Morgan fingerprint density at radius 1 is 1.14 bits per heavy atom. The molecule has 5 rings (SSSR count). The number of aromatic nitrogens is 4. The fraction of sp³-hybridized carbons (Fsp3) is 0.222. The van der Waals surface area contributed by atoms with Gasteiger partial charge in [-0.05, 0) is 24.3 Å². The Hall–Kier alpha value is -3.31. The number of hydrogen-bond acceptors (Lipinski definition) is 7. The van der Waals surface area contributed by atoms with Crippen LogP contribution in [0.4, 0.5) is 0 Å². The molecule has 11 heteroatoms. The summed E-state index contributed by atoms with van der Waals surface area (Å²) in [7, 11) is -3.64. The molecular weight excluding hydrogens is 396 g/mol. The van der Waals surface area contributed by atoms with Crippen LogP contribution in [0.3, 0.4) is 0 Å². The van der Waals surface area contributed by atoms with Crippen LogP contribution in [0.1, 0.15) is 11.6 Å². The Bertz CT molecular complexity index is 1270. The van der Waals surface area contributed by atoms with Gasteiger partial charge in [0.15, 0.2) is 5.82 Å². The number of amidine groups is 1. The van der Waals surface area contributed by atoms with Crippen molar-refractivity contribution >= 4 is 15.9 Å². The number of aliphatic imine (C=N–C) groups is 1. The third-order valence-corrected chi connectivity index (χ3v) is 6.24. The van der Waals surface area contributed by atoms with E-state index in [0.717, 1.165) is 0 Å². The Morgan fingerprint density at radius 3 is 2.83 bits per heavy atom. The molecule has 2 atom stereocenters.